The van der Waals surface area contributed by atoms with E-state index in [-0.39, 0.29) is 24.8 Å². The van der Waals surface area contributed by atoms with Crippen LogP contribution in [0.4, 0.5) is 4.39 Å². The Morgan fingerprint density at radius 3 is 2.32 bits per heavy atom. The predicted molar refractivity (Wildman–Crippen MR) is 145 cm³/mol. The zero-order chi connectivity index (χ0) is 27.1. The number of fused-ring (bicyclic) bond motifs is 1. The van der Waals surface area contributed by atoms with E-state index in [2.05, 4.69) is 5.32 Å². The van der Waals surface area contributed by atoms with Gasteiger partial charge in [0.25, 0.3) is 0 Å². The maximum Gasteiger partial charge on any atom is 0.243 e. The van der Waals surface area contributed by atoms with Crippen molar-refractivity contribution in [2.24, 2.45) is 0 Å². The van der Waals surface area contributed by atoms with E-state index in [1.54, 1.807) is 18.2 Å². The van der Waals surface area contributed by atoms with Crippen molar-refractivity contribution in [3.63, 3.8) is 0 Å². The standard InChI is InChI=1S/C31H35FN2O4/c1-31(2,3)33-30(36)26(19-22-9-5-4-6-10-22)34(21-24-11-7-8-12-25(24)32)29(35)16-14-23-13-15-27-28(20-23)38-18-17-37-27/h4-13,15,20,26H,14,16-19,21H2,1-3H3,(H,33,36)/t26-/m0/s1. The molecule has 0 unspecified atom stereocenters. The number of carbonyl (C=O) groups excluding carboxylic acids is 2. The lowest BCUT2D eigenvalue weighted by Crippen LogP contribution is -2.54. The number of rotatable bonds is 9. The van der Waals surface area contributed by atoms with E-state index in [1.165, 1.54) is 11.0 Å². The Kier molecular flexibility index (Phi) is 8.66. The first-order valence-electron chi connectivity index (χ1n) is 13.0. The molecule has 4 rings (SSSR count). The van der Waals surface area contributed by atoms with Gasteiger partial charge in [0.2, 0.25) is 11.8 Å². The van der Waals surface area contributed by atoms with Gasteiger partial charge in [-0.05, 0) is 56.5 Å². The summed E-state index contributed by atoms with van der Waals surface area (Å²) in [5.41, 5.74) is 1.71. The van der Waals surface area contributed by atoms with Crippen molar-refractivity contribution in [2.75, 3.05) is 13.2 Å². The molecule has 0 radical (unpaired) electrons. The fraction of sp³-hybridized carbons (Fsp3) is 0.355. The molecular weight excluding hydrogens is 483 g/mol. The Morgan fingerprint density at radius 2 is 1.61 bits per heavy atom. The van der Waals surface area contributed by atoms with Gasteiger partial charge in [-0.2, -0.15) is 0 Å². The number of hydrogen-bond donors (Lipinski definition) is 1. The number of nitrogens with zero attached hydrogens (tertiary/aromatic N) is 1. The highest BCUT2D eigenvalue weighted by atomic mass is 19.1. The molecule has 0 spiro atoms. The Morgan fingerprint density at radius 1 is 0.921 bits per heavy atom. The molecule has 1 aliphatic rings. The van der Waals surface area contributed by atoms with Crippen molar-refractivity contribution in [1.82, 2.24) is 10.2 Å². The molecule has 1 N–H and O–H groups in total. The summed E-state index contributed by atoms with van der Waals surface area (Å²) in [7, 11) is 0. The summed E-state index contributed by atoms with van der Waals surface area (Å²) < 4.78 is 26.0. The summed E-state index contributed by atoms with van der Waals surface area (Å²) in [6.07, 6.45) is 0.914. The van der Waals surface area contributed by atoms with E-state index in [0.717, 1.165) is 11.1 Å². The van der Waals surface area contributed by atoms with Crippen LogP contribution in [0.25, 0.3) is 0 Å². The lowest BCUT2D eigenvalue weighted by atomic mass is 9.99. The van der Waals surface area contributed by atoms with Crippen molar-refractivity contribution in [3.05, 3.63) is 95.3 Å². The molecule has 1 heterocycles. The number of halogens is 1. The van der Waals surface area contributed by atoms with Crippen molar-refractivity contribution < 1.29 is 23.5 Å². The average molecular weight is 519 g/mol. The van der Waals surface area contributed by atoms with Gasteiger partial charge in [0, 0.05) is 30.5 Å². The minimum absolute atomic E-state index is 0.0122. The largest absolute Gasteiger partial charge is 0.486 e. The first-order valence-corrected chi connectivity index (χ1v) is 13.0. The molecule has 6 nitrogen and oxygen atoms in total. The molecule has 3 aromatic carbocycles. The zero-order valence-electron chi connectivity index (χ0n) is 22.2. The molecule has 0 aromatic heterocycles. The highest BCUT2D eigenvalue weighted by molar-refractivity contribution is 5.88. The number of ether oxygens (including phenoxy) is 2. The molecule has 7 heteroatoms. The van der Waals surface area contributed by atoms with E-state index in [4.69, 9.17) is 9.47 Å². The molecule has 0 saturated carbocycles. The first kappa shape index (κ1) is 27.2. The van der Waals surface area contributed by atoms with Crippen LogP contribution in [0.2, 0.25) is 0 Å². The van der Waals surface area contributed by atoms with E-state index in [1.807, 2.05) is 69.3 Å². The van der Waals surface area contributed by atoms with Crippen LogP contribution < -0.4 is 14.8 Å². The topological polar surface area (TPSA) is 67.9 Å². The van der Waals surface area contributed by atoms with Gasteiger partial charge in [0.15, 0.2) is 11.5 Å². The minimum atomic E-state index is -0.816. The molecule has 0 saturated heterocycles. The molecule has 0 fully saturated rings. The Bertz CT molecular complexity index is 1260. The van der Waals surface area contributed by atoms with Crippen LogP contribution in [0.15, 0.2) is 72.8 Å². The van der Waals surface area contributed by atoms with Crippen LogP contribution in [-0.4, -0.2) is 41.5 Å². The fourth-order valence-electron chi connectivity index (χ4n) is 4.46. The summed E-state index contributed by atoms with van der Waals surface area (Å²) in [5.74, 6) is 0.440. The Labute approximate surface area is 223 Å². The predicted octanol–water partition coefficient (Wildman–Crippen LogP) is 5.08. The average Bonchev–Trinajstić information content (AvgIpc) is 2.89. The molecule has 1 aliphatic heterocycles. The first-order chi connectivity index (χ1) is 18.2. The van der Waals surface area contributed by atoms with E-state index in [9.17, 15) is 14.0 Å². The second kappa shape index (κ2) is 12.1. The number of nitrogens with one attached hydrogen (secondary N) is 1. The van der Waals surface area contributed by atoms with Crippen molar-refractivity contribution >= 4 is 11.8 Å². The SMILES string of the molecule is CC(C)(C)NC(=O)[C@H](Cc1ccccc1)N(Cc1ccccc1F)C(=O)CCc1ccc2c(c1)OCCO2. The van der Waals surface area contributed by atoms with E-state index >= 15 is 0 Å². The molecular formula is C31H35FN2O4. The van der Waals surface area contributed by atoms with Gasteiger partial charge in [-0.25, -0.2) is 4.39 Å². The smallest absolute Gasteiger partial charge is 0.243 e. The van der Waals surface area contributed by atoms with Crippen LogP contribution in [0.3, 0.4) is 0 Å². The summed E-state index contributed by atoms with van der Waals surface area (Å²) in [6.45, 7) is 6.67. The van der Waals surface area contributed by atoms with Gasteiger partial charge < -0.3 is 19.7 Å². The number of carbonyl (C=O) groups is 2. The summed E-state index contributed by atoms with van der Waals surface area (Å²) in [6, 6.07) is 20.8. The lowest BCUT2D eigenvalue weighted by molar-refractivity contribution is -0.142. The van der Waals surface area contributed by atoms with Crippen LogP contribution in [-0.2, 0) is 29.0 Å². The number of benzene rings is 3. The monoisotopic (exact) mass is 518 g/mol. The third-order valence-electron chi connectivity index (χ3n) is 6.30. The number of aryl methyl sites for hydroxylation is 1. The molecule has 1 atom stereocenters. The maximum atomic E-state index is 14.7. The highest BCUT2D eigenvalue weighted by Gasteiger charge is 2.32. The molecule has 38 heavy (non-hydrogen) atoms. The molecule has 200 valence electrons. The summed E-state index contributed by atoms with van der Waals surface area (Å²) >= 11 is 0. The third-order valence-corrected chi connectivity index (χ3v) is 6.30. The van der Waals surface area contributed by atoms with Gasteiger partial charge in [-0.3, -0.25) is 9.59 Å². The number of hydrogen-bond acceptors (Lipinski definition) is 4. The van der Waals surface area contributed by atoms with Gasteiger partial charge >= 0.3 is 0 Å². The van der Waals surface area contributed by atoms with Gasteiger partial charge in [0.1, 0.15) is 25.1 Å². The summed E-state index contributed by atoms with van der Waals surface area (Å²) in [5, 5.41) is 3.03. The summed E-state index contributed by atoms with van der Waals surface area (Å²) in [4.78, 5) is 28.9. The minimum Gasteiger partial charge on any atom is -0.486 e. The second-order valence-electron chi connectivity index (χ2n) is 10.5. The second-order valence-corrected chi connectivity index (χ2v) is 10.5. The fourth-order valence-corrected chi connectivity index (χ4v) is 4.46. The quantitative estimate of drug-likeness (QED) is 0.429. The highest BCUT2D eigenvalue weighted by Crippen LogP contribution is 2.31. The van der Waals surface area contributed by atoms with Gasteiger partial charge in [0.05, 0.1) is 0 Å². The van der Waals surface area contributed by atoms with Gasteiger partial charge in [-0.1, -0.05) is 54.6 Å². The Balaban J connectivity index is 1.62. The molecule has 0 bridgehead atoms. The molecule has 3 aromatic rings. The number of amides is 2. The normalized spacial score (nSPS) is 13.5. The van der Waals surface area contributed by atoms with Crippen molar-refractivity contribution in [1.29, 1.82) is 0 Å². The van der Waals surface area contributed by atoms with Crippen molar-refractivity contribution in [3.8, 4) is 11.5 Å². The molecule has 2 amide bonds. The van der Waals surface area contributed by atoms with E-state index in [0.29, 0.717) is 43.1 Å². The van der Waals surface area contributed by atoms with Crippen LogP contribution in [0.1, 0.15) is 43.9 Å². The van der Waals surface area contributed by atoms with Crippen LogP contribution >= 0.6 is 0 Å². The third kappa shape index (κ3) is 7.34. The maximum absolute atomic E-state index is 14.7. The lowest BCUT2D eigenvalue weighted by Gasteiger charge is -2.34. The van der Waals surface area contributed by atoms with Crippen LogP contribution in [0.5, 0.6) is 11.5 Å². The van der Waals surface area contributed by atoms with Crippen molar-refractivity contribution in [2.45, 2.75) is 58.2 Å². The Hall–Kier alpha value is -3.87. The van der Waals surface area contributed by atoms with E-state index < -0.39 is 17.4 Å². The zero-order valence-corrected chi connectivity index (χ0v) is 22.2. The van der Waals surface area contributed by atoms with Gasteiger partial charge in [-0.15, -0.1) is 0 Å². The van der Waals surface area contributed by atoms with Crippen LogP contribution in [0, 0.1) is 5.82 Å². The molecule has 0 aliphatic carbocycles.